The summed E-state index contributed by atoms with van der Waals surface area (Å²) in [5.74, 6) is 1.29. The molecule has 0 aliphatic heterocycles. The molecule has 0 aliphatic carbocycles. The molecule has 20 heavy (non-hydrogen) atoms. The average Bonchev–Trinajstić information content (AvgIpc) is 2.99. The van der Waals surface area contributed by atoms with Crippen LogP contribution in [0.2, 0.25) is 0 Å². The van der Waals surface area contributed by atoms with Crippen LogP contribution in [0.1, 0.15) is 11.4 Å². The highest BCUT2D eigenvalue weighted by molar-refractivity contribution is 7.98. The molecule has 0 amide bonds. The Hall–Kier alpha value is -2.28. The molecule has 6 nitrogen and oxygen atoms in total. The van der Waals surface area contributed by atoms with E-state index in [4.69, 9.17) is 0 Å². The maximum Gasteiger partial charge on any atom is 0.179 e. The lowest BCUT2D eigenvalue weighted by Gasteiger charge is -2.04. The average molecular weight is 285 g/mol. The van der Waals surface area contributed by atoms with Crippen LogP contribution < -0.4 is 0 Å². The van der Waals surface area contributed by atoms with Crippen LogP contribution in [0.5, 0.6) is 0 Å². The van der Waals surface area contributed by atoms with Crippen molar-refractivity contribution in [2.45, 2.75) is 17.7 Å². The van der Waals surface area contributed by atoms with Gasteiger partial charge in [-0.05, 0) is 25.1 Å². The summed E-state index contributed by atoms with van der Waals surface area (Å²) in [6.07, 6.45) is 3.33. The SMILES string of the molecule is Cc1cc(SCc2cnon2)nc(-c2ccccn2)n1. The van der Waals surface area contributed by atoms with Crippen molar-refractivity contribution in [1.82, 2.24) is 25.3 Å². The molecular weight excluding hydrogens is 274 g/mol. The van der Waals surface area contributed by atoms with Crippen molar-refractivity contribution in [2.24, 2.45) is 0 Å². The molecular formula is C13H11N5OS. The molecule has 0 radical (unpaired) electrons. The number of rotatable bonds is 4. The van der Waals surface area contributed by atoms with Crippen LogP contribution >= 0.6 is 11.8 Å². The minimum atomic E-state index is 0.631. The minimum absolute atomic E-state index is 0.631. The normalized spacial score (nSPS) is 10.7. The van der Waals surface area contributed by atoms with E-state index in [0.29, 0.717) is 11.6 Å². The first-order valence-corrected chi connectivity index (χ1v) is 6.96. The van der Waals surface area contributed by atoms with Crippen molar-refractivity contribution in [1.29, 1.82) is 0 Å². The van der Waals surface area contributed by atoms with E-state index in [1.165, 1.54) is 0 Å². The van der Waals surface area contributed by atoms with Crippen LogP contribution in [0, 0.1) is 6.92 Å². The lowest BCUT2D eigenvalue weighted by Crippen LogP contribution is -1.95. The number of aryl methyl sites for hydroxylation is 1. The fourth-order valence-corrected chi connectivity index (χ4v) is 2.45. The van der Waals surface area contributed by atoms with Crippen molar-refractivity contribution in [3.05, 3.63) is 48.0 Å². The Morgan fingerprint density at radius 3 is 2.95 bits per heavy atom. The van der Waals surface area contributed by atoms with Crippen LogP contribution in [-0.4, -0.2) is 25.3 Å². The second-order valence-corrected chi connectivity index (χ2v) is 5.07. The van der Waals surface area contributed by atoms with Crippen molar-refractivity contribution in [3.8, 4) is 11.5 Å². The van der Waals surface area contributed by atoms with Gasteiger partial charge in [-0.25, -0.2) is 14.6 Å². The highest BCUT2D eigenvalue weighted by Gasteiger charge is 2.07. The molecule has 0 unspecified atom stereocenters. The summed E-state index contributed by atoms with van der Waals surface area (Å²) in [4.78, 5) is 13.2. The monoisotopic (exact) mass is 285 g/mol. The van der Waals surface area contributed by atoms with Gasteiger partial charge in [0, 0.05) is 17.6 Å². The topological polar surface area (TPSA) is 77.6 Å². The van der Waals surface area contributed by atoms with Gasteiger partial charge in [0.25, 0.3) is 0 Å². The van der Waals surface area contributed by atoms with Gasteiger partial charge in [0.1, 0.15) is 16.4 Å². The van der Waals surface area contributed by atoms with E-state index >= 15 is 0 Å². The summed E-state index contributed by atoms with van der Waals surface area (Å²) >= 11 is 1.56. The molecule has 3 heterocycles. The number of aromatic nitrogens is 5. The van der Waals surface area contributed by atoms with Gasteiger partial charge in [0.15, 0.2) is 5.82 Å². The Morgan fingerprint density at radius 2 is 2.20 bits per heavy atom. The maximum atomic E-state index is 4.56. The molecule has 100 valence electrons. The number of hydrogen-bond acceptors (Lipinski definition) is 7. The molecule has 0 bridgehead atoms. The lowest BCUT2D eigenvalue weighted by molar-refractivity contribution is 0.304. The molecule has 0 atom stereocenters. The van der Waals surface area contributed by atoms with E-state index in [1.807, 2.05) is 31.2 Å². The molecule has 0 fully saturated rings. The number of thioether (sulfide) groups is 1. The van der Waals surface area contributed by atoms with Crippen LogP contribution in [0.3, 0.4) is 0 Å². The molecule has 7 heteroatoms. The van der Waals surface area contributed by atoms with Crippen molar-refractivity contribution < 1.29 is 4.63 Å². The van der Waals surface area contributed by atoms with Crippen LogP contribution in [0.25, 0.3) is 11.5 Å². The molecule has 0 aromatic carbocycles. The van der Waals surface area contributed by atoms with Gasteiger partial charge >= 0.3 is 0 Å². The summed E-state index contributed by atoms with van der Waals surface area (Å²) in [5, 5.41) is 8.22. The first-order valence-electron chi connectivity index (χ1n) is 5.97. The van der Waals surface area contributed by atoms with E-state index in [2.05, 4.69) is 29.9 Å². The first kappa shape index (κ1) is 12.7. The quantitative estimate of drug-likeness (QED) is 0.538. The van der Waals surface area contributed by atoms with E-state index < -0.39 is 0 Å². The summed E-state index contributed by atoms with van der Waals surface area (Å²) in [6, 6.07) is 7.61. The number of nitrogens with zero attached hydrogens (tertiary/aromatic N) is 5. The summed E-state index contributed by atoms with van der Waals surface area (Å²) < 4.78 is 4.56. The second kappa shape index (κ2) is 5.79. The maximum absolute atomic E-state index is 4.56. The zero-order chi connectivity index (χ0) is 13.8. The third kappa shape index (κ3) is 3.00. The highest BCUT2D eigenvalue weighted by atomic mass is 32.2. The first-order chi connectivity index (χ1) is 9.81. The Morgan fingerprint density at radius 1 is 1.25 bits per heavy atom. The van der Waals surface area contributed by atoms with E-state index in [9.17, 15) is 0 Å². The minimum Gasteiger partial charge on any atom is -0.253 e. The van der Waals surface area contributed by atoms with Gasteiger partial charge in [-0.15, -0.1) is 0 Å². The number of pyridine rings is 1. The molecule has 0 saturated heterocycles. The third-order valence-corrected chi connectivity index (χ3v) is 3.44. The van der Waals surface area contributed by atoms with Crippen LogP contribution in [0.15, 0.2) is 46.3 Å². The summed E-state index contributed by atoms with van der Waals surface area (Å²) in [6.45, 7) is 1.94. The molecule has 0 N–H and O–H groups in total. The summed E-state index contributed by atoms with van der Waals surface area (Å²) in [5.41, 5.74) is 2.45. The number of hydrogen-bond donors (Lipinski definition) is 0. The Labute approximate surface area is 119 Å². The predicted molar refractivity (Wildman–Crippen MR) is 73.9 cm³/mol. The molecule has 3 aromatic heterocycles. The van der Waals surface area contributed by atoms with Gasteiger partial charge in [0.2, 0.25) is 0 Å². The third-order valence-electron chi connectivity index (χ3n) is 2.50. The van der Waals surface area contributed by atoms with Crippen molar-refractivity contribution in [3.63, 3.8) is 0 Å². The Bertz CT molecular complexity index is 687. The smallest absolute Gasteiger partial charge is 0.179 e. The van der Waals surface area contributed by atoms with Gasteiger partial charge in [0.05, 0.1) is 6.20 Å². The lowest BCUT2D eigenvalue weighted by atomic mass is 10.3. The molecule has 0 aliphatic rings. The Balaban J connectivity index is 1.83. The fourth-order valence-electron chi connectivity index (χ4n) is 1.62. The second-order valence-electron chi connectivity index (χ2n) is 4.07. The van der Waals surface area contributed by atoms with E-state index in [1.54, 1.807) is 24.2 Å². The zero-order valence-corrected chi connectivity index (χ0v) is 11.5. The van der Waals surface area contributed by atoms with Gasteiger partial charge in [-0.1, -0.05) is 28.1 Å². The van der Waals surface area contributed by atoms with E-state index in [0.717, 1.165) is 22.1 Å². The predicted octanol–water partition coefficient (Wildman–Crippen LogP) is 2.52. The molecule has 0 spiro atoms. The molecule has 3 aromatic rings. The van der Waals surface area contributed by atoms with Crippen molar-refractivity contribution >= 4 is 11.8 Å². The highest BCUT2D eigenvalue weighted by Crippen LogP contribution is 2.22. The van der Waals surface area contributed by atoms with Crippen LogP contribution in [-0.2, 0) is 5.75 Å². The summed E-state index contributed by atoms with van der Waals surface area (Å²) in [7, 11) is 0. The Kier molecular flexibility index (Phi) is 3.69. The fraction of sp³-hybridized carbons (Fsp3) is 0.154. The molecule has 0 saturated carbocycles. The van der Waals surface area contributed by atoms with E-state index in [-0.39, 0.29) is 0 Å². The standard InChI is InChI=1S/C13H11N5OS/c1-9-6-12(20-8-10-7-15-19-18-10)17-13(16-9)11-4-2-3-5-14-11/h2-7H,8H2,1H3. The van der Waals surface area contributed by atoms with Gasteiger partial charge in [-0.3, -0.25) is 4.98 Å². The molecule has 3 rings (SSSR count). The van der Waals surface area contributed by atoms with Crippen molar-refractivity contribution in [2.75, 3.05) is 0 Å². The van der Waals surface area contributed by atoms with Gasteiger partial charge < -0.3 is 0 Å². The largest absolute Gasteiger partial charge is 0.253 e. The van der Waals surface area contributed by atoms with Crippen LogP contribution in [0.4, 0.5) is 0 Å². The van der Waals surface area contributed by atoms with Gasteiger partial charge in [-0.2, -0.15) is 0 Å². The zero-order valence-electron chi connectivity index (χ0n) is 10.7.